The Labute approximate surface area is 107 Å². The third-order valence-corrected chi connectivity index (χ3v) is 3.02. The number of benzene rings is 2. The Morgan fingerprint density at radius 2 is 1.83 bits per heavy atom. The Morgan fingerprint density at radius 1 is 1.11 bits per heavy atom. The summed E-state index contributed by atoms with van der Waals surface area (Å²) in [5, 5.41) is 8.80. The van der Waals surface area contributed by atoms with Crippen molar-refractivity contribution in [1.29, 1.82) is 5.26 Å². The van der Waals surface area contributed by atoms with Gasteiger partial charge in [-0.25, -0.2) is 0 Å². The molecular formula is C16H15NO. The van der Waals surface area contributed by atoms with E-state index in [4.69, 9.17) is 10.00 Å². The van der Waals surface area contributed by atoms with Gasteiger partial charge in [-0.15, -0.1) is 0 Å². The molecule has 0 aromatic heterocycles. The normalized spacial score (nSPS) is 9.83. The van der Waals surface area contributed by atoms with Gasteiger partial charge in [0.15, 0.2) is 0 Å². The maximum Gasteiger partial charge on any atom is 0.119 e. The van der Waals surface area contributed by atoms with Crippen LogP contribution >= 0.6 is 0 Å². The Hall–Kier alpha value is -2.27. The van der Waals surface area contributed by atoms with Gasteiger partial charge < -0.3 is 4.74 Å². The van der Waals surface area contributed by atoms with Crippen LogP contribution in [0.2, 0.25) is 0 Å². The third-order valence-electron chi connectivity index (χ3n) is 3.02. The van der Waals surface area contributed by atoms with Gasteiger partial charge in [-0.1, -0.05) is 25.1 Å². The summed E-state index contributed by atoms with van der Waals surface area (Å²) in [6.45, 7) is 2.13. The summed E-state index contributed by atoms with van der Waals surface area (Å²) < 4.78 is 5.24. The average Bonchev–Trinajstić information content (AvgIpc) is 2.46. The molecule has 0 bridgehead atoms. The summed E-state index contributed by atoms with van der Waals surface area (Å²) in [5.41, 5.74) is 4.26. The van der Waals surface area contributed by atoms with Gasteiger partial charge >= 0.3 is 0 Å². The summed E-state index contributed by atoms with van der Waals surface area (Å²) in [5.74, 6) is 0.879. The lowest BCUT2D eigenvalue weighted by Crippen LogP contribution is -1.90. The van der Waals surface area contributed by atoms with E-state index >= 15 is 0 Å². The smallest absolute Gasteiger partial charge is 0.119 e. The lowest BCUT2D eigenvalue weighted by atomic mass is 9.97. The highest BCUT2D eigenvalue weighted by molar-refractivity contribution is 5.69. The monoisotopic (exact) mass is 237 g/mol. The highest BCUT2D eigenvalue weighted by Gasteiger charge is 2.05. The number of hydrogen-bond acceptors (Lipinski definition) is 2. The first kappa shape index (κ1) is 12.2. The molecule has 0 radical (unpaired) electrons. The van der Waals surface area contributed by atoms with Crippen molar-refractivity contribution in [2.75, 3.05) is 7.11 Å². The largest absolute Gasteiger partial charge is 0.497 e. The fourth-order valence-electron chi connectivity index (χ4n) is 2.00. The minimum atomic E-state index is 0.685. The number of methoxy groups -OCH3 is 1. The van der Waals surface area contributed by atoms with Crippen LogP contribution in [0.3, 0.4) is 0 Å². The quantitative estimate of drug-likeness (QED) is 0.813. The molecule has 18 heavy (non-hydrogen) atoms. The van der Waals surface area contributed by atoms with Crippen LogP contribution in [-0.2, 0) is 6.42 Å². The van der Waals surface area contributed by atoms with Gasteiger partial charge in [-0.2, -0.15) is 5.26 Å². The predicted octanol–water partition coefficient (Wildman–Crippen LogP) is 3.80. The molecule has 0 saturated carbocycles. The van der Waals surface area contributed by atoms with Gasteiger partial charge in [0, 0.05) is 0 Å². The van der Waals surface area contributed by atoms with E-state index in [1.54, 1.807) is 7.11 Å². The van der Waals surface area contributed by atoms with Crippen LogP contribution in [0.5, 0.6) is 5.75 Å². The summed E-state index contributed by atoms with van der Waals surface area (Å²) in [7, 11) is 1.68. The number of hydrogen-bond donors (Lipinski definition) is 0. The Balaban J connectivity index is 2.46. The van der Waals surface area contributed by atoms with Crippen molar-refractivity contribution < 1.29 is 4.74 Å². The van der Waals surface area contributed by atoms with Gasteiger partial charge in [0.1, 0.15) is 5.75 Å². The van der Waals surface area contributed by atoms with Crippen LogP contribution < -0.4 is 4.74 Å². The van der Waals surface area contributed by atoms with E-state index in [1.807, 2.05) is 30.3 Å². The number of aryl methyl sites for hydroxylation is 1. The molecule has 2 nitrogen and oxygen atoms in total. The summed E-state index contributed by atoms with van der Waals surface area (Å²) in [6, 6.07) is 15.9. The molecular weight excluding hydrogens is 222 g/mol. The summed E-state index contributed by atoms with van der Waals surface area (Å²) >= 11 is 0. The van der Waals surface area contributed by atoms with Gasteiger partial charge in [0.05, 0.1) is 18.7 Å². The van der Waals surface area contributed by atoms with Crippen molar-refractivity contribution in [3.05, 3.63) is 53.6 Å². The Morgan fingerprint density at radius 3 is 2.39 bits per heavy atom. The fraction of sp³-hybridized carbons (Fsp3) is 0.188. The molecule has 0 amide bonds. The molecule has 0 aliphatic carbocycles. The molecule has 0 aliphatic rings. The molecule has 90 valence electrons. The summed E-state index contributed by atoms with van der Waals surface area (Å²) in [4.78, 5) is 0. The zero-order chi connectivity index (χ0) is 13.0. The SMILES string of the molecule is CCc1cc(OC)ccc1-c1ccc(C#N)cc1. The van der Waals surface area contributed by atoms with Crippen molar-refractivity contribution in [2.45, 2.75) is 13.3 Å². The van der Waals surface area contributed by atoms with Crippen LogP contribution in [-0.4, -0.2) is 7.11 Å². The molecule has 2 heteroatoms. The first-order chi connectivity index (χ1) is 8.78. The van der Waals surface area contributed by atoms with E-state index in [0.717, 1.165) is 17.7 Å². The third kappa shape index (κ3) is 2.36. The van der Waals surface area contributed by atoms with Gasteiger partial charge in [-0.3, -0.25) is 0 Å². The summed E-state index contributed by atoms with van der Waals surface area (Å²) in [6.07, 6.45) is 0.951. The van der Waals surface area contributed by atoms with Crippen LogP contribution in [0.1, 0.15) is 18.1 Å². The van der Waals surface area contributed by atoms with E-state index in [1.165, 1.54) is 11.1 Å². The van der Waals surface area contributed by atoms with E-state index in [9.17, 15) is 0 Å². The molecule has 0 fully saturated rings. The molecule has 0 aliphatic heterocycles. The van der Waals surface area contributed by atoms with Crippen molar-refractivity contribution in [2.24, 2.45) is 0 Å². The number of ether oxygens (including phenoxy) is 1. The highest BCUT2D eigenvalue weighted by atomic mass is 16.5. The van der Waals surface area contributed by atoms with Crippen molar-refractivity contribution >= 4 is 0 Å². The van der Waals surface area contributed by atoms with Crippen LogP contribution in [0, 0.1) is 11.3 Å². The highest BCUT2D eigenvalue weighted by Crippen LogP contribution is 2.28. The predicted molar refractivity (Wildman–Crippen MR) is 72.5 cm³/mol. The topological polar surface area (TPSA) is 33.0 Å². The molecule has 0 unspecified atom stereocenters. The maximum absolute atomic E-state index is 8.80. The van der Waals surface area contributed by atoms with Crippen molar-refractivity contribution in [3.63, 3.8) is 0 Å². The zero-order valence-corrected chi connectivity index (χ0v) is 10.6. The van der Waals surface area contributed by atoms with E-state index in [-0.39, 0.29) is 0 Å². The number of rotatable bonds is 3. The van der Waals surface area contributed by atoms with Crippen LogP contribution in [0.15, 0.2) is 42.5 Å². The molecule has 0 spiro atoms. The minimum Gasteiger partial charge on any atom is -0.497 e. The molecule has 2 aromatic rings. The molecule has 0 N–H and O–H groups in total. The molecule has 0 atom stereocenters. The van der Waals surface area contributed by atoms with Crippen molar-refractivity contribution in [1.82, 2.24) is 0 Å². The van der Waals surface area contributed by atoms with E-state index in [0.29, 0.717) is 5.56 Å². The van der Waals surface area contributed by atoms with Crippen LogP contribution in [0.25, 0.3) is 11.1 Å². The molecule has 0 saturated heterocycles. The lowest BCUT2D eigenvalue weighted by molar-refractivity contribution is 0.414. The molecule has 2 rings (SSSR count). The Kier molecular flexibility index (Phi) is 3.64. The molecule has 0 heterocycles. The number of nitriles is 1. The first-order valence-electron chi connectivity index (χ1n) is 5.96. The molecule has 2 aromatic carbocycles. The standard InChI is InChI=1S/C16H15NO/c1-3-13-10-15(18-2)8-9-16(13)14-6-4-12(11-17)5-7-14/h4-10H,3H2,1-2H3. The zero-order valence-electron chi connectivity index (χ0n) is 10.6. The average molecular weight is 237 g/mol. The second-order valence-corrected chi connectivity index (χ2v) is 4.07. The second-order valence-electron chi connectivity index (χ2n) is 4.07. The Bertz CT molecular complexity index is 579. The van der Waals surface area contributed by atoms with Gasteiger partial charge in [0.2, 0.25) is 0 Å². The van der Waals surface area contributed by atoms with Crippen molar-refractivity contribution in [3.8, 4) is 22.9 Å². The lowest BCUT2D eigenvalue weighted by Gasteiger charge is -2.10. The minimum absolute atomic E-state index is 0.685. The van der Waals surface area contributed by atoms with Crippen LogP contribution in [0.4, 0.5) is 0 Å². The van der Waals surface area contributed by atoms with E-state index in [2.05, 4.69) is 25.1 Å². The first-order valence-corrected chi connectivity index (χ1v) is 5.96. The maximum atomic E-state index is 8.80. The van der Waals surface area contributed by atoms with Gasteiger partial charge in [0.25, 0.3) is 0 Å². The number of nitrogens with zero attached hydrogens (tertiary/aromatic N) is 1. The van der Waals surface area contributed by atoms with Gasteiger partial charge in [-0.05, 0) is 47.4 Å². The fourth-order valence-corrected chi connectivity index (χ4v) is 2.00. The second kappa shape index (κ2) is 5.37. The van der Waals surface area contributed by atoms with E-state index < -0.39 is 0 Å².